The van der Waals surface area contributed by atoms with E-state index in [2.05, 4.69) is 0 Å². The van der Waals surface area contributed by atoms with Crippen molar-refractivity contribution in [1.29, 1.82) is 0 Å². The monoisotopic (exact) mass is 304 g/mol. The Kier molecular flexibility index (Phi) is 6.10. The van der Waals surface area contributed by atoms with Gasteiger partial charge in [0.15, 0.2) is 18.3 Å². The van der Waals surface area contributed by atoms with E-state index in [0.29, 0.717) is 0 Å². The number of aliphatic hydroxyl groups excluding tert-OH is 1. The van der Waals surface area contributed by atoms with Crippen LogP contribution < -0.4 is 0 Å². The van der Waals surface area contributed by atoms with Gasteiger partial charge in [0, 0.05) is 20.8 Å². The highest BCUT2D eigenvalue weighted by Gasteiger charge is 2.49. The van der Waals surface area contributed by atoms with Gasteiger partial charge in [0.1, 0.15) is 6.10 Å². The number of carbonyl (C=O) groups excluding carboxylic acids is 3. The first-order chi connectivity index (χ1) is 9.76. The second-order valence-corrected chi connectivity index (χ2v) is 4.78. The maximum atomic E-state index is 11.3. The van der Waals surface area contributed by atoms with Crippen molar-refractivity contribution in [2.24, 2.45) is 0 Å². The molecule has 0 aromatic carbocycles. The lowest BCUT2D eigenvalue weighted by molar-refractivity contribution is -0.248. The molecule has 2 unspecified atom stereocenters. The van der Waals surface area contributed by atoms with Crippen molar-refractivity contribution in [3.05, 3.63) is 0 Å². The quantitative estimate of drug-likeness (QED) is 0.550. The maximum absolute atomic E-state index is 11.3. The van der Waals surface area contributed by atoms with E-state index in [1.807, 2.05) is 0 Å². The molecular formula is C13H20O8. The number of esters is 3. The largest absolute Gasteiger partial charge is 0.456 e. The van der Waals surface area contributed by atoms with Crippen LogP contribution in [0.25, 0.3) is 0 Å². The highest BCUT2D eigenvalue weighted by molar-refractivity contribution is 5.68. The summed E-state index contributed by atoms with van der Waals surface area (Å²) in [7, 11) is 0. The summed E-state index contributed by atoms with van der Waals surface area (Å²) in [6, 6.07) is 0. The third-order valence-electron chi connectivity index (χ3n) is 2.95. The molecule has 0 saturated carbocycles. The van der Waals surface area contributed by atoms with E-state index in [1.54, 1.807) is 6.92 Å². The summed E-state index contributed by atoms with van der Waals surface area (Å²) < 4.78 is 20.8. The number of carbonyl (C=O) groups is 3. The van der Waals surface area contributed by atoms with Crippen LogP contribution in [-0.4, -0.2) is 60.1 Å². The Morgan fingerprint density at radius 3 is 1.76 bits per heavy atom. The standard InChI is InChI=1S/C13H20O8/c1-6-11(19-7(2)15)13(21-9(4)17)12(20-8(3)16)10(5-14)18-6/h6,10-14H,5H2,1-4H3/t6?,10?,11-,12+,13+/m0/s1. The topological polar surface area (TPSA) is 108 Å². The average molecular weight is 304 g/mol. The van der Waals surface area contributed by atoms with E-state index in [-0.39, 0.29) is 0 Å². The van der Waals surface area contributed by atoms with Gasteiger partial charge in [-0.25, -0.2) is 0 Å². The van der Waals surface area contributed by atoms with Crippen LogP contribution in [0, 0.1) is 0 Å². The van der Waals surface area contributed by atoms with Crippen LogP contribution in [0.3, 0.4) is 0 Å². The lowest BCUT2D eigenvalue weighted by Gasteiger charge is -2.43. The molecule has 1 N–H and O–H groups in total. The SMILES string of the molecule is CC(=O)O[C@H]1[C@H](OC(C)=O)C(CO)OC(C)[C@@H]1OC(C)=O. The van der Waals surface area contributed by atoms with Crippen LogP contribution in [0.2, 0.25) is 0 Å². The Hall–Kier alpha value is -1.67. The minimum atomic E-state index is -1.06. The van der Waals surface area contributed by atoms with Crippen molar-refractivity contribution in [2.75, 3.05) is 6.61 Å². The zero-order valence-electron chi connectivity index (χ0n) is 12.4. The first-order valence-corrected chi connectivity index (χ1v) is 6.54. The number of rotatable bonds is 4. The molecule has 5 atom stereocenters. The lowest BCUT2D eigenvalue weighted by Crippen LogP contribution is -2.61. The van der Waals surface area contributed by atoms with Crippen LogP contribution in [0.5, 0.6) is 0 Å². The maximum Gasteiger partial charge on any atom is 0.303 e. The molecule has 0 amide bonds. The number of hydrogen-bond donors (Lipinski definition) is 1. The third kappa shape index (κ3) is 4.68. The van der Waals surface area contributed by atoms with E-state index in [0.717, 1.165) is 0 Å². The molecule has 120 valence electrons. The van der Waals surface area contributed by atoms with Crippen LogP contribution in [0.4, 0.5) is 0 Å². The van der Waals surface area contributed by atoms with Crippen LogP contribution in [-0.2, 0) is 33.3 Å². The summed E-state index contributed by atoms with van der Waals surface area (Å²) in [6.07, 6.45) is -4.55. The highest BCUT2D eigenvalue weighted by Crippen LogP contribution is 2.28. The summed E-state index contributed by atoms with van der Waals surface area (Å²) in [6.45, 7) is 4.74. The van der Waals surface area contributed by atoms with Gasteiger partial charge >= 0.3 is 17.9 Å². The minimum Gasteiger partial charge on any atom is -0.456 e. The normalized spacial score (nSPS) is 32.1. The molecule has 0 spiro atoms. The van der Waals surface area contributed by atoms with Gasteiger partial charge in [-0.1, -0.05) is 0 Å². The molecule has 1 aliphatic rings. The number of ether oxygens (including phenoxy) is 4. The van der Waals surface area contributed by atoms with Crippen molar-refractivity contribution < 1.29 is 38.4 Å². The van der Waals surface area contributed by atoms with Crippen molar-refractivity contribution in [3.8, 4) is 0 Å². The van der Waals surface area contributed by atoms with Crippen molar-refractivity contribution in [1.82, 2.24) is 0 Å². The van der Waals surface area contributed by atoms with E-state index in [9.17, 15) is 19.5 Å². The van der Waals surface area contributed by atoms with E-state index < -0.39 is 55.0 Å². The van der Waals surface area contributed by atoms with E-state index in [4.69, 9.17) is 18.9 Å². The first-order valence-electron chi connectivity index (χ1n) is 6.54. The van der Waals surface area contributed by atoms with E-state index in [1.165, 1.54) is 20.8 Å². The van der Waals surface area contributed by atoms with Crippen molar-refractivity contribution in [3.63, 3.8) is 0 Å². The number of aliphatic hydroxyl groups is 1. The Bertz CT molecular complexity index is 407. The van der Waals surface area contributed by atoms with Crippen LogP contribution >= 0.6 is 0 Å². The smallest absolute Gasteiger partial charge is 0.303 e. The second kappa shape index (κ2) is 7.37. The Balaban J connectivity index is 3.08. The Morgan fingerprint density at radius 1 is 0.905 bits per heavy atom. The summed E-state index contributed by atoms with van der Waals surface area (Å²) in [5.74, 6) is -1.84. The summed E-state index contributed by atoms with van der Waals surface area (Å²) in [5.41, 5.74) is 0. The summed E-state index contributed by atoms with van der Waals surface area (Å²) in [4.78, 5) is 33.7. The molecule has 8 nitrogen and oxygen atoms in total. The number of hydrogen-bond acceptors (Lipinski definition) is 8. The molecule has 0 aliphatic carbocycles. The lowest BCUT2D eigenvalue weighted by atomic mass is 9.95. The van der Waals surface area contributed by atoms with Crippen molar-refractivity contribution in [2.45, 2.75) is 58.2 Å². The average Bonchev–Trinajstić information content (AvgIpc) is 2.35. The molecule has 21 heavy (non-hydrogen) atoms. The van der Waals surface area contributed by atoms with Crippen LogP contribution in [0.1, 0.15) is 27.7 Å². The zero-order valence-corrected chi connectivity index (χ0v) is 12.4. The fraction of sp³-hybridized carbons (Fsp3) is 0.769. The molecule has 1 fully saturated rings. The van der Waals surface area contributed by atoms with Crippen LogP contribution in [0.15, 0.2) is 0 Å². The van der Waals surface area contributed by atoms with Crippen molar-refractivity contribution >= 4 is 17.9 Å². The predicted octanol–water partition coefficient (Wildman–Crippen LogP) is -0.439. The molecule has 1 heterocycles. The summed E-state index contributed by atoms with van der Waals surface area (Å²) >= 11 is 0. The molecular weight excluding hydrogens is 284 g/mol. The van der Waals surface area contributed by atoms with Gasteiger partial charge in [-0.05, 0) is 6.92 Å². The second-order valence-electron chi connectivity index (χ2n) is 4.78. The first kappa shape index (κ1) is 17.4. The van der Waals surface area contributed by atoms with Gasteiger partial charge in [0.05, 0.1) is 12.7 Å². The zero-order chi connectivity index (χ0) is 16.2. The Morgan fingerprint density at radius 2 is 1.33 bits per heavy atom. The van der Waals surface area contributed by atoms with Gasteiger partial charge in [0.25, 0.3) is 0 Å². The molecule has 1 rings (SSSR count). The molecule has 0 radical (unpaired) electrons. The predicted molar refractivity (Wildman–Crippen MR) is 68.1 cm³/mol. The molecule has 1 aliphatic heterocycles. The van der Waals surface area contributed by atoms with Gasteiger partial charge in [0.2, 0.25) is 0 Å². The summed E-state index contributed by atoms with van der Waals surface area (Å²) in [5, 5.41) is 9.35. The highest BCUT2D eigenvalue weighted by atomic mass is 16.6. The Labute approximate surface area is 122 Å². The molecule has 0 aromatic heterocycles. The van der Waals surface area contributed by atoms with Gasteiger partial charge in [-0.15, -0.1) is 0 Å². The fourth-order valence-electron chi connectivity index (χ4n) is 2.26. The molecule has 0 aromatic rings. The third-order valence-corrected chi connectivity index (χ3v) is 2.95. The fourth-order valence-corrected chi connectivity index (χ4v) is 2.26. The molecule has 0 bridgehead atoms. The molecule has 8 heteroatoms. The van der Waals surface area contributed by atoms with Gasteiger partial charge < -0.3 is 24.1 Å². The minimum absolute atomic E-state index is 0.438. The van der Waals surface area contributed by atoms with E-state index >= 15 is 0 Å². The van der Waals surface area contributed by atoms with Gasteiger partial charge in [-0.2, -0.15) is 0 Å². The molecule has 1 saturated heterocycles. The van der Waals surface area contributed by atoms with Gasteiger partial charge in [-0.3, -0.25) is 14.4 Å².